The molecule has 1 amide bonds. The average Bonchev–Trinajstić information content (AvgIpc) is 3.58. The van der Waals surface area contributed by atoms with Crippen LogP contribution in [0.15, 0.2) is 42.5 Å². The van der Waals surface area contributed by atoms with Crippen molar-refractivity contribution in [3.63, 3.8) is 0 Å². The third kappa shape index (κ3) is 5.96. The predicted molar refractivity (Wildman–Crippen MR) is 164 cm³/mol. The Morgan fingerprint density at radius 1 is 1.07 bits per heavy atom. The van der Waals surface area contributed by atoms with Gasteiger partial charge in [-0.3, -0.25) is 9.59 Å². The number of alkyl halides is 1. The fourth-order valence-electron chi connectivity index (χ4n) is 6.39. The molecule has 3 aromatic rings. The molecule has 2 unspecified atom stereocenters. The first-order valence-electron chi connectivity index (χ1n) is 14.6. The van der Waals surface area contributed by atoms with Crippen LogP contribution in [0.25, 0.3) is 10.8 Å². The number of Topliss-reactive ketones (excluding diaryl/α,β-unsaturated/α-hetero) is 1. The summed E-state index contributed by atoms with van der Waals surface area (Å²) in [4.78, 5) is 28.0. The number of halogens is 1. The van der Waals surface area contributed by atoms with Gasteiger partial charge in [-0.05, 0) is 61.5 Å². The third-order valence-electron chi connectivity index (χ3n) is 8.59. The lowest BCUT2D eigenvalue weighted by Crippen LogP contribution is -2.29. The predicted octanol–water partition coefficient (Wildman–Crippen LogP) is 7.06. The molecule has 218 valence electrons. The Kier molecular flexibility index (Phi) is 8.93. The number of nitrogens with two attached hydrogens (primary N) is 1. The van der Waals surface area contributed by atoms with E-state index < -0.39 is 0 Å². The zero-order chi connectivity index (χ0) is 29.1. The van der Waals surface area contributed by atoms with E-state index in [2.05, 4.69) is 6.92 Å². The summed E-state index contributed by atoms with van der Waals surface area (Å²) in [6.45, 7) is 3.14. The molecule has 3 atom stereocenters. The average molecular weight is 579 g/mol. The second-order valence-electron chi connectivity index (χ2n) is 11.5. The minimum Gasteiger partial charge on any atom is -0.507 e. The van der Waals surface area contributed by atoms with Crippen LogP contribution in [0.4, 0.5) is 11.4 Å². The molecule has 41 heavy (non-hydrogen) atoms. The number of nitrogens with zero attached hydrogens (tertiary/aromatic N) is 1. The highest BCUT2D eigenvalue weighted by Crippen LogP contribution is 2.45. The number of carbonyl (C=O) groups is 2. The lowest BCUT2D eigenvalue weighted by atomic mass is 9.94. The fourth-order valence-corrected chi connectivity index (χ4v) is 6.64. The van der Waals surface area contributed by atoms with Crippen molar-refractivity contribution in [1.29, 1.82) is 0 Å². The molecule has 7 nitrogen and oxygen atoms in total. The Labute approximate surface area is 246 Å². The fraction of sp³-hybridized carbons (Fsp3) is 0.455. The van der Waals surface area contributed by atoms with Gasteiger partial charge in [-0.25, -0.2) is 0 Å². The summed E-state index contributed by atoms with van der Waals surface area (Å²) in [7, 11) is 1.56. The molecule has 1 fully saturated rings. The van der Waals surface area contributed by atoms with Crippen LogP contribution in [0.2, 0.25) is 0 Å². The van der Waals surface area contributed by atoms with Gasteiger partial charge in [0, 0.05) is 59.5 Å². The van der Waals surface area contributed by atoms with E-state index in [1.807, 2.05) is 24.3 Å². The van der Waals surface area contributed by atoms with Gasteiger partial charge in [0.25, 0.3) is 0 Å². The van der Waals surface area contributed by atoms with Crippen molar-refractivity contribution in [1.82, 2.24) is 0 Å². The Morgan fingerprint density at radius 2 is 1.85 bits per heavy atom. The molecule has 1 saturated carbocycles. The number of amides is 1. The molecule has 0 spiro atoms. The number of rotatable bonds is 11. The number of hydrogen-bond acceptors (Lipinski definition) is 6. The molecular weight excluding hydrogens is 540 g/mol. The quantitative estimate of drug-likeness (QED) is 0.109. The Balaban J connectivity index is 1.14. The molecule has 8 heteroatoms. The molecule has 0 radical (unpaired) electrons. The number of hydrogen-bond donors (Lipinski definition) is 2. The standard InChI is InChI=1S/C33H39ClN2O5/c1-20-11-12-21(14-20)33(39)25-15-29(40-2)30(16-26(25)35)41-13-7-3-4-10-31(38)36-19-22(18-34)32-24-9-6-5-8-23(24)28(37)17-27(32)36/h5-6,8-9,15-17,20-22,37H,3-4,7,10-14,18-19,35H2,1-2H3/t20?,21?,22-/m1/s1. The van der Waals surface area contributed by atoms with E-state index >= 15 is 0 Å². The van der Waals surface area contributed by atoms with Crippen molar-refractivity contribution in [2.24, 2.45) is 11.8 Å². The first kappa shape index (κ1) is 29.1. The van der Waals surface area contributed by atoms with Crippen LogP contribution >= 0.6 is 11.6 Å². The molecule has 5 rings (SSSR count). The summed E-state index contributed by atoms with van der Waals surface area (Å²) in [5, 5.41) is 12.3. The second-order valence-corrected chi connectivity index (χ2v) is 11.8. The van der Waals surface area contributed by atoms with Crippen LogP contribution in [-0.2, 0) is 4.79 Å². The van der Waals surface area contributed by atoms with E-state index in [1.165, 1.54) is 0 Å². The minimum atomic E-state index is 0.0198. The Morgan fingerprint density at radius 3 is 2.56 bits per heavy atom. The van der Waals surface area contributed by atoms with E-state index in [1.54, 1.807) is 30.2 Å². The van der Waals surface area contributed by atoms with Gasteiger partial charge in [0.1, 0.15) is 5.75 Å². The van der Waals surface area contributed by atoms with Gasteiger partial charge < -0.3 is 25.2 Å². The van der Waals surface area contributed by atoms with Crippen molar-refractivity contribution in [2.45, 2.75) is 57.8 Å². The largest absolute Gasteiger partial charge is 0.507 e. The van der Waals surface area contributed by atoms with Crippen LogP contribution in [-0.4, -0.2) is 42.9 Å². The van der Waals surface area contributed by atoms with E-state index in [-0.39, 0.29) is 29.3 Å². The Hall–Kier alpha value is -3.45. The van der Waals surface area contributed by atoms with E-state index in [4.69, 9.17) is 26.8 Å². The first-order chi connectivity index (χ1) is 19.8. The monoisotopic (exact) mass is 578 g/mol. The lowest BCUT2D eigenvalue weighted by molar-refractivity contribution is -0.118. The second kappa shape index (κ2) is 12.6. The number of ketones is 1. The number of carbonyl (C=O) groups excluding carboxylic acids is 2. The molecule has 3 N–H and O–H groups in total. The van der Waals surface area contributed by atoms with Gasteiger partial charge in [0.15, 0.2) is 17.3 Å². The highest BCUT2D eigenvalue weighted by atomic mass is 35.5. The number of methoxy groups -OCH3 is 1. The summed E-state index contributed by atoms with van der Waals surface area (Å²) in [5.41, 5.74) is 8.98. The number of anilines is 2. The van der Waals surface area contributed by atoms with Crippen molar-refractivity contribution in [2.75, 3.05) is 36.8 Å². The number of nitrogen functional groups attached to an aromatic ring is 1. The molecular formula is C33H39ClN2O5. The maximum absolute atomic E-state index is 13.2. The van der Waals surface area contributed by atoms with E-state index in [0.29, 0.717) is 60.5 Å². The van der Waals surface area contributed by atoms with E-state index in [0.717, 1.165) is 54.1 Å². The summed E-state index contributed by atoms with van der Waals surface area (Å²) in [6, 6.07) is 12.8. The normalized spacial score (nSPS) is 19.9. The zero-order valence-corrected chi connectivity index (χ0v) is 24.6. The van der Waals surface area contributed by atoms with Crippen LogP contribution < -0.4 is 20.1 Å². The zero-order valence-electron chi connectivity index (χ0n) is 23.8. The van der Waals surface area contributed by atoms with Gasteiger partial charge >= 0.3 is 0 Å². The number of unbranched alkanes of at least 4 members (excludes halogenated alkanes) is 2. The molecule has 1 aliphatic carbocycles. The van der Waals surface area contributed by atoms with Gasteiger partial charge in [-0.15, -0.1) is 11.6 Å². The maximum atomic E-state index is 13.2. The summed E-state index contributed by atoms with van der Waals surface area (Å²) >= 11 is 6.30. The summed E-state index contributed by atoms with van der Waals surface area (Å²) < 4.78 is 11.5. The van der Waals surface area contributed by atoms with Crippen LogP contribution in [0, 0.1) is 11.8 Å². The summed E-state index contributed by atoms with van der Waals surface area (Å²) in [6.07, 6.45) is 5.55. The van der Waals surface area contributed by atoms with Gasteiger partial charge in [-0.2, -0.15) is 0 Å². The summed E-state index contributed by atoms with van der Waals surface area (Å²) in [5.74, 6) is 2.33. The molecule has 1 aliphatic heterocycles. The van der Waals surface area contributed by atoms with Crippen molar-refractivity contribution >= 4 is 45.4 Å². The third-order valence-corrected chi connectivity index (χ3v) is 8.96. The first-order valence-corrected chi connectivity index (χ1v) is 15.1. The molecule has 2 aliphatic rings. The number of phenols is 1. The van der Waals surface area contributed by atoms with Crippen LogP contribution in [0.5, 0.6) is 17.2 Å². The van der Waals surface area contributed by atoms with Gasteiger partial charge in [-0.1, -0.05) is 31.2 Å². The number of benzene rings is 3. The van der Waals surface area contributed by atoms with Crippen molar-refractivity contribution in [3.05, 3.63) is 53.6 Å². The van der Waals surface area contributed by atoms with Crippen LogP contribution in [0.3, 0.4) is 0 Å². The van der Waals surface area contributed by atoms with Gasteiger partial charge in [0.2, 0.25) is 5.91 Å². The highest BCUT2D eigenvalue weighted by Gasteiger charge is 2.34. The maximum Gasteiger partial charge on any atom is 0.227 e. The molecule has 0 aromatic heterocycles. The molecule has 0 saturated heterocycles. The lowest BCUT2D eigenvalue weighted by Gasteiger charge is -2.18. The van der Waals surface area contributed by atoms with Gasteiger partial charge in [0.05, 0.1) is 19.4 Å². The van der Waals surface area contributed by atoms with E-state index in [9.17, 15) is 14.7 Å². The smallest absolute Gasteiger partial charge is 0.227 e. The number of ether oxygens (including phenoxy) is 2. The molecule has 0 bridgehead atoms. The van der Waals surface area contributed by atoms with Crippen LogP contribution in [0.1, 0.15) is 73.7 Å². The minimum absolute atomic E-state index is 0.0198. The number of fused-ring (bicyclic) bond motifs is 3. The SMILES string of the molecule is COc1cc(C(=O)C2CCC(C)C2)c(N)cc1OCCCCCC(=O)N1C[C@@H](CCl)c2c1cc(O)c1ccccc21. The van der Waals surface area contributed by atoms with Crippen molar-refractivity contribution in [3.8, 4) is 17.2 Å². The molecule has 3 aromatic carbocycles. The number of phenolic OH excluding ortho intramolecular Hbond substituents is 1. The molecule has 1 heterocycles. The highest BCUT2D eigenvalue weighted by molar-refractivity contribution is 6.19. The number of aromatic hydroxyl groups is 1. The Bertz CT molecular complexity index is 1440. The topological polar surface area (TPSA) is 102 Å². The van der Waals surface area contributed by atoms with Crippen molar-refractivity contribution < 1.29 is 24.2 Å².